The predicted octanol–water partition coefficient (Wildman–Crippen LogP) is 3.72. The molecule has 0 bridgehead atoms. The number of hydrogen-bond donors (Lipinski definition) is 0. The number of rotatable bonds is 4. The minimum Gasteiger partial charge on any atom is -0.484 e. The molecule has 1 saturated heterocycles. The van der Waals surface area contributed by atoms with Crippen LogP contribution < -0.4 is 4.74 Å². The number of carbonyl (C=O) groups excluding carboxylic acids is 1. The summed E-state index contributed by atoms with van der Waals surface area (Å²) in [5.41, 5.74) is 0.860. The van der Waals surface area contributed by atoms with E-state index in [0.717, 1.165) is 23.0 Å². The zero-order valence-electron chi connectivity index (χ0n) is 12.7. The Balaban J connectivity index is 1.68. The lowest BCUT2D eigenvalue weighted by Gasteiger charge is -2.27. The summed E-state index contributed by atoms with van der Waals surface area (Å²) < 4.78 is 5.56. The van der Waals surface area contributed by atoms with Gasteiger partial charge in [0.15, 0.2) is 11.8 Å². The van der Waals surface area contributed by atoms with Crippen LogP contribution in [0.15, 0.2) is 65.7 Å². The van der Waals surface area contributed by atoms with Gasteiger partial charge in [-0.1, -0.05) is 48.2 Å². The molecule has 1 aliphatic rings. The van der Waals surface area contributed by atoms with E-state index >= 15 is 0 Å². The third-order valence-corrected chi connectivity index (χ3v) is 4.44. The average Bonchev–Trinajstić information content (AvgIpc) is 2.62. The van der Waals surface area contributed by atoms with Gasteiger partial charge in [-0.3, -0.25) is 9.69 Å². The van der Waals surface area contributed by atoms with E-state index in [1.165, 1.54) is 0 Å². The van der Waals surface area contributed by atoms with Crippen molar-refractivity contribution in [3.63, 3.8) is 0 Å². The largest absolute Gasteiger partial charge is 0.484 e. The van der Waals surface area contributed by atoms with Crippen molar-refractivity contribution in [2.24, 2.45) is 4.99 Å². The first-order valence-corrected chi connectivity index (χ1v) is 8.56. The topological polar surface area (TPSA) is 41.9 Å². The van der Waals surface area contributed by atoms with Crippen molar-refractivity contribution in [2.45, 2.75) is 6.42 Å². The highest BCUT2D eigenvalue weighted by Gasteiger charge is 2.24. The van der Waals surface area contributed by atoms with E-state index in [1.807, 2.05) is 60.7 Å². The van der Waals surface area contributed by atoms with Crippen molar-refractivity contribution >= 4 is 28.5 Å². The first-order chi connectivity index (χ1) is 11.3. The molecular formula is C18H18N2O2S. The molecule has 23 heavy (non-hydrogen) atoms. The summed E-state index contributed by atoms with van der Waals surface area (Å²) in [5.74, 6) is 1.62. The van der Waals surface area contributed by atoms with E-state index in [9.17, 15) is 4.79 Å². The highest BCUT2D eigenvalue weighted by molar-refractivity contribution is 8.13. The number of aliphatic imine (C=N–C) groups is 1. The highest BCUT2D eigenvalue weighted by Crippen LogP contribution is 2.22. The van der Waals surface area contributed by atoms with Crippen molar-refractivity contribution in [2.75, 3.05) is 18.9 Å². The van der Waals surface area contributed by atoms with Gasteiger partial charge >= 0.3 is 0 Å². The average molecular weight is 326 g/mol. The molecule has 0 radical (unpaired) electrons. The maximum atomic E-state index is 12.5. The fourth-order valence-electron chi connectivity index (χ4n) is 2.24. The maximum absolute atomic E-state index is 12.5. The third kappa shape index (κ3) is 4.36. The number of ether oxygens (including phenoxy) is 1. The van der Waals surface area contributed by atoms with Crippen molar-refractivity contribution in [1.82, 2.24) is 4.90 Å². The fourth-order valence-corrected chi connectivity index (χ4v) is 3.21. The normalized spacial score (nSPS) is 16.3. The highest BCUT2D eigenvalue weighted by atomic mass is 32.2. The summed E-state index contributed by atoms with van der Waals surface area (Å²) in [6.45, 7) is 0.716. The Morgan fingerprint density at radius 2 is 1.78 bits per heavy atom. The molecular weight excluding hydrogens is 308 g/mol. The zero-order chi connectivity index (χ0) is 15.9. The van der Waals surface area contributed by atoms with Crippen LogP contribution in [0.5, 0.6) is 5.75 Å². The first kappa shape index (κ1) is 15.6. The van der Waals surface area contributed by atoms with Gasteiger partial charge in [0, 0.05) is 12.3 Å². The van der Waals surface area contributed by atoms with Gasteiger partial charge in [0.1, 0.15) is 5.75 Å². The van der Waals surface area contributed by atoms with Crippen LogP contribution in [-0.2, 0) is 4.79 Å². The molecule has 0 spiro atoms. The predicted molar refractivity (Wildman–Crippen MR) is 94.3 cm³/mol. The summed E-state index contributed by atoms with van der Waals surface area (Å²) in [7, 11) is 0. The van der Waals surface area contributed by atoms with Gasteiger partial charge in [-0.15, -0.1) is 0 Å². The number of hydrogen-bond acceptors (Lipinski definition) is 4. The summed E-state index contributed by atoms with van der Waals surface area (Å²) in [4.78, 5) is 18.8. The molecule has 0 unspecified atom stereocenters. The van der Waals surface area contributed by atoms with Crippen LogP contribution in [0.3, 0.4) is 0 Å². The molecule has 2 aromatic carbocycles. The monoisotopic (exact) mass is 326 g/mol. The molecule has 0 N–H and O–H groups in total. The number of nitrogens with zero attached hydrogens (tertiary/aromatic N) is 2. The molecule has 0 aliphatic carbocycles. The summed E-state index contributed by atoms with van der Waals surface area (Å²) in [6.07, 6.45) is 0.968. The second-order valence-corrected chi connectivity index (χ2v) is 6.14. The standard InChI is InChI=1S/C18H18N2O2S/c21-17(14-22-16-10-5-2-6-11-16)20-12-7-13-23-18(20)19-15-8-3-1-4-9-15/h1-6,8-11H,7,12-14H2. The summed E-state index contributed by atoms with van der Waals surface area (Å²) >= 11 is 1.62. The first-order valence-electron chi connectivity index (χ1n) is 7.58. The summed E-state index contributed by atoms with van der Waals surface area (Å²) in [6, 6.07) is 19.1. The molecule has 5 heteroatoms. The van der Waals surface area contributed by atoms with E-state index in [-0.39, 0.29) is 12.5 Å². The minimum absolute atomic E-state index is 0.0262. The van der Waals surface area contributed by atoms with Gasteiger partial charge in [-0.25, -0.2) is 4.99 Å². The lowest BCUT2D eigenvalue weighted by molar-refractivity contribution is -0.129. The van der Waals surface area contributed by atoms with Gasteiger partial charge in [-0.2, -0.15) is 0 Å². The van der Waals surface area contributed by atoms with E-state index in [4.69, 9.17) is 4.74 Å². The molecule has 1 fully saturated rings. The molecule has 0 saturated carbocycles. The van der Waals surface area contributed by atoms with Crippen molar-refractivity contribution in [3.8, 4) is 5.75 Å². The Hall–Kier alpha value is -2.27. The molecule has 4 nitrogen and oxygen atoms in total. The van der Waals surface area contributed by atoms with Crippen LogP contribution in [0.1, 0.15) is 6.42 Å². The molecule has 1 aliphatic heterocycles. The number of amides is 1. The number of carbonyl (C=O) groups is 1. The van der Waals surface area contributed by atoms with E-state index < -0.39 is 0 Å². The van der Waals surface area contributed by atoms with Gasteiger partial charge in [-0.05, 0) is 30.7 Å². The second kappa shape index (κ2) is 7.83. The minimum atomic E-state index is -0.0595. The molecule has 118 valence electrons. The zero-order valence-corrected chi connectivity index (χ0v) is 13.5. The van der Waals surface area contributed by atoms with Crippen LogP contribution in [0, 0.1) is 0 Å². The fraction of sp³-hybridized carbons (Fsp3) is 0.222. The van der Waals surface area contributed by atoms with Crippen molar-refractivity contribution < 1.29 is 9.53 Å². The van der Waals surface area contributed by atoms with Gasteiger partial charge in [0.2, 0.25) is 0 Å². The van der Waals surface area contributed by atoms with E-state index in [2.05, 4.69) is 4.99 Å². The SMILES string of the molecule is O=C(COc1ccccc1)N1CCCSC1=Nc1ccccc1. The van der Waals surface area contributed by atoms with Crippen LogP contribution in [-0.4, -0.2) is 34.9 Å². The van der Waals surface area contributed by atoms with Gasteiger partial charge in [0.05, 0.1) is 5.69 Å². The Kier molecular flexibility index (Phi) is 5.32. The Morgan fingerprint density at radius 1 is 1.09 bits per heavy atom. The van der Waals surface area contributed by atoms with Gasteiger partial charge < -0.3 is 4.74 Å². The Morgan fingerprint density at radius 3 is 2.52 bits per heavy atom. The maximum Gasteiger partial charge on any atom is 0.266 e. The lowest BCUT2D eigenvalue weighted by atomic mass is 10.3. The molecule has 3 rings (SSSR count). The molecule has 1 heterocycles. The second-order valence-electron chi connectivity index (χ2n) is 5.08. The Labute approximate surface area is 140 Å². The number of thioether (sulfide) groups is 1. The molecule has 0 aromatic heterocycles. The van der Waals surface area contributed by atoms with E-state index in [0.29, 0.717) is 12.3 Å². The molecule has 1 amide bonds. The third-order valence-electron chi connectivity index (χ3n) is 3.38. The number of para-hydroxylation sites is 2. The van der Waals surface area contributed by atoms with Crippen LogP contribution in [0.2, 0.25) is 0 Å². The van der Waals surface area contributed by atoms with Crippen LogP contribution in [0.4, 0.5) is 5.69 Å². The Bertz CT molecular complexity index is 674. The van der Waals surface area contributed by atoms with E-state index in [1.54, 1.807) is 16.7 Å². The lowest BCUT2D eigenvalue weighted by Crippen LogP contribution is -2.41. The smallest absolute Gasteiger partial charge is 0.266 e. The molecule has 2 aromatic rings. The van der Waals surface area contributed by atoms with Crippen molar-refractivity contribution in [1.29, 1.82) is 0 Å². The number of amidine groups is 1. The molecule has 0 atom stereocenters. The van der Waals surface area contributed by atoms with Crippen LogP contribution >= 0.6 is 11.8 Å². The quantitative estimate of drug-likeness (QED) is 0.860. The number of benzene rings is 2. The van der Waals surface area contributed by atoms with Crippen LogP contribution in [0.25, 0.3) is 0 Å². The van der Waals surface area contributed by atoms with Gasteiger partial charge in [0.25, 0.3) is 5.91 Å². The summed E-state index contributed by atoms with van der Waals surface area (Å²) in [5, 5.41) is 0.754. The van der Waals surface area contributed by atoms with Crippen molar-refractivity contribution in [3.05, 3.63) is 60.7 Å².